The van der Waals surface area contributed by atoms with Gasteiger partial charge >= 0.3 is 6.08 Å². The number of oxime groups is 1. The SMILES string of the molecule is C/C(=N/OC(C)C)c1cnc(S(=O)CCC(F)=C(F)F)s1. The second-order valence-corrected chi connectivity index (χ2v) is 7.06. The standard InChI is InChI=1S/C12H15F3N2O2S2/c1-7(2)19-17-8(3)10-6-16-12(20-10)21(18)5-4-9(13)11(14)15/h6-7H,4-5H2,1-3H3/b17-8-. The fourth-order valence-electron chi connectivity index (χ4n) is 1.12. The number of rotatable bonds is 7. The first-order valence-corrected chi connectivity index (χ1v) is 8.19. The lowest BCUT2D eigenvalue weighted by molar-refractivity contribution is 0.0860. The highest BCUT2D eigenvalue weighted by Gasteiger charge is 2.14. The molecule has 0 aliphatic carbocycles. The van der Waals surface area contributed by atoms with Crippen LogP contribution in [0.5, 0.6) is 0 Å². The van der Waals surface area contributed by atoms with Crippen LogP contribution < -0.4 is 0 Å². The maximum absolute atomic E-state index is 12.7. The number of allylic oxidation sites excluding steroid dienone is 1. The minimum absolute atomic E-state index is 0.0631. The summed E-state index contributed by atoms with van der Waals surface area (Å²) in [6.45, 7) is 5.37. The lowest BCUT2D eigenvalue weighted by Gasteiger charge is -2.02. The maximum atomic E-state index is 12.7. The van der Waals surface area contributed by atoms with Crippen LogP contribution in [0, 0.1) is 0 Å². The van der Waals surface area contributed by atoms with Crippen molar-refractivity contribution in [2.45, 2.75) is 37.6 Å². The molecule has 1 aromatic heterocycles. The Morgan fingerprint density at radius 1 is 1.48 bits per heavy atom. The van der Waals surface area contributed by atoms with E-state index < -0.39 is 29.1 Å². The highest BCUT2D eigenvalue weighted by atomic mass is 32.2. The molecule has 118 valence electrons. The Bertz CT molecular complexity index is 567. The Kier molecular flexibility index (Phi) is 7.03. The Labute approximate surface area is 127 Å². The first-order chi connectivity index (χ1) is 9.81. The summed E-state index contributed by atoms with van der Waals surface area (Å²) >= 11 is 1.11. The molecule has 0 saturated carbocycles. The van der Waals surface area contributed by atoms with E-state index in [2.05, 4.69) is 10.1 Å². The van der Waals surface area contributed by atoms with E-state index in [1.807, 2.05) is 13.8 Å². The van der Waals surface area contributed by atoms with Crippen molar-refractivity contribution in [2.75, 3.05) is 5.75 Å². The van der Waals surface area contributed by atoms with E-state index in [1.165, 1.54) is 6.20 Å². The maximum Gasteiger partial charge on any atom is 0.301 e. The van der Waals surface area contributed by atoms with Crippen molar-refractivity contribution < 1.29 is 22.2 Å². The fraction of sp³-hybridized carbons (Fsp3) is 0.500. The van der Waals surface area contributed by atoms with Gasteiger partial charge in [-0.3, -0.25) is 4.21 Å². The smallest absolute Gasteiger partial charge is 0.301 e. The quantitative estimate of drug-likeness (QED) is 0.559. The van der Waals surface area contributed by atoms with Gasteiger partial charge < -0.3 is 4.84 Å². The number of nitrogens with zero attached hydrogens (tertiary/aromatic N) is 2. The first kappa shape index (κ1) is 17.8. The number of hydrogen-bond acceptors (Lipinski definition) is 5. The van der Waals surface area contributed by atoms with E-state index >= 15 is 0 Å². The Morgan fingerprint density at radius 3 is 2.71 bits per heavy atom. The van der Waals surface area contributed by atoms with Crippen LogP contribution in [0.2, 0.25) is 0 Å². The van der Waals surface area contributed by atoms with Crippen LogP contribution in [-0.4, -0.2) is 26.8 Å². The monoisotopic (exact) mass is 340 g/mol. The van der Waals surface area contributed by atoms with Crippen LogP contribution in [0.1, 0.15) is 32.1 Å². The highest BCUT2D eigenvalue weighted by molar-refractivity contribution is 7.87. The molecule has 1 rings (SSSR count). The summed E-state index contributed by atoms with van der Waals surface area (Å²) < 4.78 is 48.5. The molecule has 0 amide bonds. The van der Waals surface area contributed by atoms with Crippen molar-refractivity contribution in [1.82, 2.24) is 4.98 Å². The normalized spacial score (nSPS) is 13.4. The predicted octanol–water partition coefficient (Wildman–Crippen LogP) is 3.87. The minimum Gasteiger partial charge on any atom is -0.393 e. The third-order valence-corrected chi connectivity index (χ3v) is 4.93. The van der Waals surface area contributed by atoms with Crippen LogP contribution in [0.25, 0.3) is 0 Å². The number of aromatic nitrogens is 1. The van der Waals surface area contributed by atoms with Gasteiger partial charge in [0.25, 0.3) is 0 Å². The topological polar surface area (TPSA) is 51.6 Å². The summed E-state index contributed by atoms with van der Waals surface area (Å²) in [5, 5.41) is 3.89. The Hall–Kier alpha value is -1.22. The van der Waals surface area contributed by atoms with Gasteiger partial charge in [0, 0.05) is 18.4 Å². The second-order valence-electron chi connectivity index (χ2n) is 4.29. The van der Waals surface area contributed by atoms with E-state index in [9.17, 15) is 17.4 Å². The van der Waals surface area contributed by atoms with Gasteiger partial charge in [-0.05, 0) is 20.8 Å². The van der Waals surface area contributed by atoms with Crippen LogP contribution >= 0.6 is 11.3 Å². The summed E-state index contributed by atoms with van der Waals surface area (Å²) in [4.78, 5) is 9.69. The number of thiazole rings is 1. The molecule has 1 unspecified atom stereocenters. The summed E-state index contributed by atoms with van der Waals surface area (Å²) in [6, 6.07) is 0. The molecule has 1 aromatic rings. The van der Waals surface area contributed by atoms with Crippen molar-refractivity contribution in [3.8, 4) is 0 Å². The van der Waals surface area contributed by atoms with Crippen molar-refractivity contribution in [3.63, 3.8) is 0 Å². The molecular weight excluding hydrogens is 325 g/mol. The van der Waals surface area contributed by atoms with Gasteiger partial charge in [0.1, 0.15) is 6.10 Å². The first-order valence-electron chi connectivity index (χ1n) is 6.06. The van der Waals surface area contributed by atoms with Crippen molar-refractivity contribution >= 4 is 27.8 Å². The van der Waals surface area contributed by atoms with Crippen molar-refractivity contribution in [3.05, 3.63) is 23.0 Å². The lowest BCUT2D eigenvalue weighted by Crippen LogP contribution is -2.00. The molecule has 0 aromatic carbocycles. The van der Waals surface area contributed by atoms with Gasteiger partial charge in [0.2, 0.25) is 0 Å². The van der Waals surface area contributed by atoms with Crippen LogP contribution in [0.4, 0.5) is 13.2 Å². The van der Waals surface area contributed by atoms with Crippen LogP contribution in [-0.2, 0) is 15.6 Å². The zero-order valence-electron chi connectivity index (χ0n) is 11.7. The molecule has 0 aliphatic heterocycles. The molecule has 0 saturated heterocycles. The fourth-order valence-corrected chi connectivity index (χ4v) is 3.31. The molecule has 1 heterocycles. The van der Waals surface area contributed by atoms with Crippen LogP contribution in [0.3, 0.4) is 0 Å². The molecule has 0 radical (unpaired) electrons. The summed E-state index contributed by atoms with van der Waals surface area (Å²) in [5.41, 5.74) is 0.574. The van der Waals surface area contributed by atoms with Gasteiger partial charge in [-0.1, -0.05) is 5.16 Å². The highest BCUT2D eigenvalue weighted by Crippen LogP contribution is 2.20. The zero-order chi connectivity index (χ0) is 16.0. The molecule has 0 fully saturated rings. The lowest BCUT2D eigenvalue weighted by atomic mass is 10.4. The van der Waals surface area contributed by atoms with Gasteiger partial charge in [-0.2, -0.15) is 8.78 Å². The Morgan fingerprint density at radius 2 is 2.14 bits per heavy atom. The largest absolute Gasteiger partial charge is 0.393 e. The van der Waals surface area contributed by atoms with Crippen molar-refractivity contribution in [1.29, 1.82) is 0 Å². The Balaban J connectivity index is 2.68. The molecule has 0 spiro atoms. The van der Waals surface area contributed by atoms with E-state index in [-0.39, 0.29) is 16.2 Å². The molecular formula is C12H15F3N2O2S2. The van der Waals surface area contributed by atoms with Gasteiger partial charge in [0.15, 0.2) is 10.2 Å². The summed E-state index contributed by atoms with van der Waals surface area (Å²) in [5.74, 6) is -1.78. The third-order valence-electron chi connectivity index (χ3n) is 2.15. The van der Waals surface area contributed by atoms with E-state index in [1.54, 1.807) is 6.92 Å². The molecule has 0 N–H and O–H groups in total. The average Bonchev–Trinajstić information content (AvgIpc) is 2.91. The molecule has 0 aliphatic rings. The molecule has 4 nitrogen and oxygen atoms in total. The van der Waals surface area contributed by atoms with Gasteiger partial charge in [-0.15, -0.1) is 11.3 Å². The van der Waals surface area contributed by atoms with Crippen molar-refractivity contribution in [2.24, 2.45) is 5.16 Å². The molecule has 1 atom stereocenters. The second kappa shape index (κ2) is 8.28. The number of halogens is 3. The average molecular weight is 340 g/mol. The van der Waals surface area contributed by atoms with Crippen LogP contribution in [0.15, 0.2) is 27.6 Å². The zero-order valence-corrected chi connectivity index (χ0v) is 13.4. The minimum atomic E-state index is -2.37. The van der Waals surface area contributed by atoms with E-state index in [4.69, 9.17) is 4.84 Å². The third kappa shape index (κ3) is 5.96. The summed E-state index contributed by atoms with van der Waals surface area (Å²) in [7, 11) is -1.62. The van der Waals surface area contributed by atoms with E-state index in [0.29, 0.717) is 10.6 Å². The molecule has 9 heteroatoms. The van der Waals surface area contributed by atoms with Gasteiger partial charge in [-0.25, -0.2) is 9.37 Å². The van der Waals surface area contributed by atoms with Gasteiger partial charge in [0.05, 0.1) is 21.4 Å². The number of hydrogen-bond donors (Lipinski definition) is 0. The molecule has 21 heavy (non-hydrogen) atoms. The summed E-state index contributed by atoms with van der Waals surface area (Å²) in [6.07, 6.45) is -1.54. The predicted molar refractivity (Wildman–Crippen MR) is 76.8 cm³/mol. The van der Waals surface area contributed by atoms with E-state index in [0.717, 1.165) is 11.3 Å². The molecule has 0 bridgehead atoms.